The lowest BCUT2D eigenvalue weighted by Crippen LogP contribution is -2.25. The first-order valence-electron chi connectivity index (χ1n) is 5.22. The highest BCUT2D eigenvalue weighted by atomic mass is 16.5. The van der Waals surface area contributed by atoms with Crippen LogP contribution in [0.5, 0.6) is 0 Å². The largest absolute Gasteiger partial charge is 0.384 e. The molecule has 1 fully saturated rings. The molecule has 2 heteroatoms. The zero-order chi connectivity index (χ0) is 9.84. The Morgan fingerprint density at radius 1 is 1.46 bits per heavy atom. The molecule has 0 aromatic rings. The maximum Gasteiger partial charge on any atom is 0.136 e. The highest BCUT2D eigenvalue weighted by Crippen LogP contribution is 2.38. The van der Waals surface area contributed by atoms with E-state index < -0.39 is 0 Å². The average molecular weight is 184 g/mol. The SMILES string of the molecule is CCC(=O)C1C(C)CCC1COC. The number of ketones is 1. The van der Waals surface area contributed by atoms with Gasteiger partial charge in [-0.3, -0.25) is 4.79 Å². The van der Waals surface area contributed by atoms with Crippen LogP contribution in [0.3, 0.4) is 0 Å². The van der Waals surface area contributed by atoms with Crippen LogP contribution in [-0.2, 0) is 9.53 Å². The third kappa shape index (κ3) is 2.31. The van der Waals surface area contributed by atoms with Gasteiger partial charge in [0.25, 0.3) is 0 Å². The minimum atomic E-state index is 0.268. The molecular weight excluding hydrogens is 164 g/mol. The Morgan fingerprint density at radius 3 is 2.69 bits per heavy atom. The minimum Gasteiger partial charge on any atom is -0.384 e. The zero-order valence-electron chi connectivity index (χ0n) is 8.88. The van der Waals surface area contributed by atoms with Gasteiger partial charge in [0.2, 0.25) is 0 Å². The number of hydrogen-bond acceptors (Lipinski definition) is 2. The van der Waals surface area contributed by atoms with Crippen LogP contribution >= 0.6 is 0 Å². The Kier molecular flexibility index (Phi) is 3.91. The van der Waals surface area contributed by atoms with Gasteiger partial charge in [-0.1, -0.05) is 13.8 Å². The monoisotopic (exact) mass is 184 g/mol. The van der Waals surface area contributed by atoms with E-state index in [2.05, 4.69) is 6.92 Å². The average Bonchev–Trinajstić information content (AvgIpc) is 2.47. The van der Waals surface area contributed by atoms with Crippen molar-refractivity contribution in [3.63, 3.8) is 0 Å². The summed E-state index contributed by atoms with van der Waals surface area (Å²) in [6.07, 6.45) is 3.02. The molecule has 0 aromatic carbocycles. The number of rotatable bonds is 4. The van der Waals surface area contributed by atoms with Gasteiger partial charge in [0, 0.05) is 26.1 Å². The van der Waals surface area contributed by atoms with Gasteiger partial charge in [-0.05, 0) is 24.7 Å². The van der Waals surface area contributed by atoms with Crippen molar-refractivity contribution < 1.29 is 9.53 Å². The van der Waals surface area contributed by atoms with Crippen LogP contribution in [0.25, 0.3) is 0 Å². The van der Waals surface area contributed by atoms with E-state index in [4.69, 9.17) is 4.74 Å². The normalized spacial score (nSPS) is 33.6. The highest BCUT2D eigenvalue weighted by Gasteiger charge is 2.37. The summed E-state index contributed by atoms with van der Waals surface area (Å²) in [6, 6.07) is 0. The van der Waals surface area contributed by atoms with E-state index >= 15 is 0 Å². The summed E-state index contributed by atoms with van der Waals surface area (Å²) in [5, 5.41) is 0. The van der Waals surface area contributed by atoms with Crippen molar-refractivity contribution in [3.8, 4) is 0 Å². The van der Waals surface area contributed by atoms with Crippen molar-refractivity contribution in [2.45, 2.75) is 33.1 Å². The molecule has 76 valence electrons. The Bertz CT molecular complexity index is 175. The summed E-state index contributed by atoms with van der Waals surface area (Å²) in [5.74, 6) is 1.73. The number of Topliss-reactive ketones (excluding diaryl/α,β-unsaturated/α-hetero) is 1. The molecular formula is C11H20O2. The standard InChI is InChI=1S/C11H20O2/c1-4-10(12)11-8(2)5-6-9(11)7-13-3/h8-9,11H,4-7H2,1-3H3. The lowest BCUT2D eigenvalue weighted by atomic mass is 9.86. The van der Waals surface area contributed by atoms with E-state index in [0.29, 0.717) is 24.0 Å². The smallest absolute Gasteiger partial charge is 0.136 e. The van der Waals surface area contributed by atoms with Crippen molar-refractivity contribution in [2.75, 3.05) is 13.7 Å². The fourth-order valence-electron chi connectivity index (χ4n) is 2.52. The maximum absolute atomic E-state index is 11.7. The van der Waals surface area contributed by atoms with Gasteiger partial charge >= 0.3 is 0 Å². The first-order valence-corrected chi connectivity index (χ1v) is 5.22. The minimum absolute atomic E-state index is 0.268. The van der Waals surface area contributed by atoms with E-state index in [-0.39, 0.29) is 5.92 Å². The first kappa shape index (κ1) is 10.7. The number of carbonyl (C=O) groups is 1. The van der Waals surface area contributed by atoms with Gasteiger partial charge in [-0.15, -0.1) is 0 Å². The quantitative estimate of drug-likeness (QED) is 0.670. The molecule has 13 heavy (non-hydrogen) atoms. The maximum atomic E-state index is 11.7. The van der Waals surface area contributed by atoms with E-state index in [1.807, 2.05) is 6.92 Å². The molecule has 1 rings (SSSR count). The van der Waals surface area contributed by atoms with Crippen molar-refractivity contribution >= 4 is 5.78 Å². The Labute approximate surface area is 80.7 Å². The molecule has 0 aromatic heterocycles. The van der Waals surface area contributed by atoms with Crippen LogP contribution in [0, 0.1) is 17.8 Å². The summed E-state index contributed by atoms with van der Waals surface area (Å²) >= 11 is 0. The Hall–Kier alpha value is -0.370. The third-order valence-corrected chi connectivity index (χ3v) is 3.21. The van der Waals surface area contributed by atoms with Crippen molar-refractivity contribution in [2.24, 2.45) is 17.8 Å². The molecule has 1 aliphatic carbocycles. The Morgan fingerprint density at radius 2 is 2.15 bits per heavy atom. The van der Waals surface area contributed by atoms with Crippen LogP contribution in [-0.4, -0.2) is 19.5 Å². The van der Waals surface area contributed by atoms with Crippen LogP contribution in [0.4, 0.5) is 0 Å². The summed E-state index contributed by atoms with van der Waals surface area (Å²) in [7, 11) is 1.72. The summed E-state index contributed by atoms with van der Waals surface area (Å²) < 4.78 is 5.15. The van der Waals surface area contributed by atoms with Crippen LogP contribution in [0.15, 0.2) is 0 Å². The van der Waals surface area contributed by atoms with Crippen molar-refractivity contribution in [3.05, 3.63) is 0 Å². The molecule has 0 aliphatic heterocycles. The molecule has 0 saturated heterocycles. The van der Waals surface area contributed by atoms with Crippen LogP contribution in [0.1, 0.15) is 33.1 Å². The number of methoxy groups -OCH3 is 1. The van der Waals surface area contributed by atoms with Gasteiger partial charge in [-0.2, -0.15) is 0 Å². The zero-order valence-corrected chi connectivity index (χ0v) is 8.88. The molecule has 0 N–H and O–H groups in total. The molecule has 2 nitrogen and oxygen atoms in total. The van der Waals surface area contributed by atoms with E-state index in [1.165, 1.54) is 6.42 Å². The van der Waals surface area contributed by atoms with Crippen molar-refractivity contribution in [1.82, 2.24) is 0 Å². The van der Waals surface area contributed by atoms with Crippen LogP contribution < -0.4 is 0 Å². The molecule has 1 saturated carbocycles. The van der Waals surface area contributed by atoms with Gasteiger partial charge in [0.1, 0.15) is 5.78 Å². The molecule has 0 bridgehead atoms. The van der Waals surface area contributed by atoms with Gasteiger partial charge in [0.15, 0.2) is 0 Å². The van der Waals surface area contributed by atoms with Gasteiger partial charge in [-0.25, -0.2) is 0 Å². The van der Waals surface area contributed by atoms with E-state index in [9.17, 15) is 4.79 Å². The second kappa shape index (κ2) is 4.75. The molecule has 0 spiro atoms. The van der Waals surface area contributed by atoms with Gasteiger partial charge in [0.05, 0.1) is 0 Å². The molecule has 0 heterocycles. The van der Waals surface area contributed by atoms with Crippen LogP contribution in [0.2, 0.25) is 0 Å². The Balaban J connectivity index is 2.59. The summed E-state index contributed by atoms with van der Waals surface area (Å²) in [4.78, 5) is 11.7. The fourth-order valence-corrected chi connectivity index (χ4v) is 2.52. The summed E-state index contributed by atoms with van der Waals surface area (Å²) in [6.45, 7) is 4.89. The summed E-state index contributed by atoms with van der Waals surface area (Å²) in [5.41, 5.74) is 0. The predicted octanol–water partition coefficient (Wildman–Crippen LogP) is 2.27. The molecule has 0 amide bonds. The molecule has 1 aliphatic rings. The van der Waals surface area contributed by atoms with Crippen molar-refractivity contribution in [1.29, 1.82) is 0 Å². The first-order chi connectivity index (χ1) is 6.20. The highest BCUT2D eigenvalue weighted by molar-refractivity contribution is 5.81. The predicted molar refractivity (Wildman–Crippen MR) is 52.6 cm³/mol. The fraction of sp³-hybridized carbons (Fsp3) is 0.909. The second-order valence-electron chi connectivity index (χ2n) is 4.12. The second-order valence-corrected chi connectivity index (χ2v) is 4.12. The third-order valence-electron chi connectivity index (χ3n) is 3.21. The number of hydrogen-bond donors (Lipinski definition) is 0. The number of ether oxygens (including phenoxy) is 1. The lowest BCUT2D eigenvalue weighted by Gasteiger charge is -2.20. The molecule has 3 unspecified atom stereocenters. The molecule has 0 radical (unpaired) electrons. The topological polar surface area (TPSA) is 26.3 Å². The van der Waals surface area contributed by atoms with Gasteiger partial charge < -0.3 is 4.74 Å². The van der Waals surface area contributed by atoms with E-state index in [0.717, 1.165) is 13.0 Å². The number of carbonyl (C=O) groups excluding carboxylic acids is 1. The molecule has 3 atom stereocenters. The lowest BCUT2D eigenvalue weighted by molar-refractivity contribution is -0.125. The van der Waals surface area contributed by atoms with E-state index in [1.54, 1.807) is 7.11 Å².